The SMILES string of the molecule is COC1(OC2=[C-]CC=C2)CC=C(C)C=C1C.[Cl-].[Cl-].[Ti+3]. The molecule has 5 heteroatoms. The van der Waals surface area contributed by atoms with E-state index in [1.165, 1.54) is 5.57 Å². The van der Waals surface area contributed by atoms with Crippen molar-refractivity contribution in [2.75, 3.05) is 7.11 Å². The van der Waals surface area contributed by atoms with E-state index in [1.54, 1.807) is 7.11 Å². The second-order valence-electron chi connectivity index (χ2n) is 4.19. The van der Waals surface area contributed by atoms with Crippen molar-refractivity contribution in [1.29, 1.82) is 0 Å². The van der Waals surface area contributed by atoms with Crippen LogP contribution in [0.1, 0.15) is 26.7 Å². The van der Waals surface area contributed by atoms with Crippen molar-refractivity contribution in [2.24, 2.45) is 0 Å². The molecule has 1 unspecified atom stereocenters. The van der Waals surface area contributed by atoms with Crippen molar-refractivity contribution in [1.82, 2.24) is 0 Å². The molecule has 0 aliphatic heterocycles. The summed E-state index contributed by atoms with van der Waals surface area (Å²) in [5, 5.41) is 0. The first-order chi connectivity index (χ1) is 7.66. The van der Waals surface area contributed by atoms with Gasteiger partial charge in [0.15, 0.2) is 0 Å². The van der Waals surface area contributed by atoms with Crippen molar-refractivity contribution in [3.8, 4) is 0 Å². The van der Waals surface area contributed by atoms with E-state index in [9.17, 15) is 0 Å². The summed E-state index contributed by atoms with van der Waals surface area (Å²) in [7, 11) is 1.69. The zero-order valence-electron chi connectivity index (χ0n) is 11.3. The molecule has 19 heavy (non-hydrogen) atoms. The summed E-state index contributed by atoms with van der Waals surface area (Å²) in [6.45, 7) is 4.13. The third kappa shape index (κ3) is 4.80. The van der Waals surface area contributed by atoms with Crippen molar-refractivity contribution in [2.45, 2.75) is 32.5 Å². The van der Waals surface area contributed by atoms with Gasteiger partial charge in [0.05, 0.1) is 0 Å². The monoisotopic (exact) mass is 335 g/mol. The Bertz CT molecular complexity index is 414. The standard InChI is InChI=1S/C14H17O2.2ClH.Ti/c1-11-8-9-14(15-3,12(2)10-11)16-13-6-4-5-7-13;;;/h4,6,8,10H,5,9H2,1-3H3;2*1H;/q-1;;;+3/p-2. The molecule has 1 radical (unpaired) electrons. The number of hydrogen-bond acceptors (Lipinski definition) is 2. The van der Waals surface area contributed by atoms with Crippen LogP contribution in [0.5, 0.6) is 0 Å². The molecule has 2 rings (SSSR count). The van der Waals surface area contributed by atoms with Gasteiger partial charge >= 0.3 is 21.7 Å². The fourth-order valence-corrected chi connectivity index (χ4v) is 2.01. The minimum Gasteiger partial charge on any atom is -1.00 e. The third-order valence-electron chi connectivity index (χ3n) is 3.01. The van der Waals surface area contributed by atoms with Crippen molar-refractivity contribution < 1.29 is 56.0 Å². The number of halogens is 2. The quantitative estimate of drug-likeness (QED) is 0.317. The predicted molar refractivity (Wildman–Crippen MR) is 63.5 cm³/mol. The number of ether oxygens (including phenoxy) is 2. The van der Waals surface area contributed by atoms with Gasteiger partial charge in [-0.3, -0.25) is 0 Å². The molecular formula is C14H17Cl2O2Ti. The summed E-state index contributed by atoms with van der Waals surface area (Å²) in [5.41, 5.74) is 2.36. The van der Waals surface area contributed by atoms with Crippen molar-refractivity contribution in [3.63, 3.8) is 0 Å². The molecule has 103 valence electrons. The van der Waals surface area contributed by atoms with Gasteiger partial charge < -0.3 is 34.3 Å². The van der Waals surface area contributed by atoms with Gasteiger partial charge in [-0.1, -0.05) is 17.7 Å². The van der Waals surface area contributed by atoms with Crippen LogP contribution in [-0.4, -0.2) is 12.9 Å². The summed E-state index contributed by atoms with van der Waals surface area (Å²) in [6, 6.07) is 0. The van der Waals surface area contributed by atoms with Crippen LogP contribution in [0.2, 0.25) is 0 Å². The molecule has 0 saturated heterocycles. The summed E-state index contributed by atoms with van der Waals surface area (Å²) in [4.78, 5) is 0. The molecule has 0 heterocycles. The van der Waals surface area contributed by atoms with E-state index in [2.05, 4.69) is 25.2 Å². The topological polar surface area (TPSA) is 18.5 Å². The fraction of sp³-hybridized carbons (Fsp3) is 0.429. The third-order valence-corrected chi connectivity index (χ3v) is 3.01. The second kappa shape index (κ2) is 9.04. The molecular weight excluding hydrogens is 319 g/mol. The van der Waals surface area contributed by atoms with Crippen LogP contribution in [-0.2, 0) is 31.2 Å². The molecule has 0 aromatic heterocycles. The Labute approximate surface area is 142 Å². The van der Waals surface area contributed by atoms with Gasteiger partial charge in [0.1, 0.15) is 0 Å². The van der Waals surface area contributed by atoms with E-state index < -0.39 is 5.79 Å². The van der Waals surface area contributed by atoms with Gasteiger partial charge in [-0.2, -0.15) is 12.2 Å². The normalized spacial score (nSPS) is 24.1. The molecule has 2 aliphatic carbocycles. The van der Waals surface area contributed by atoms with Crippen molar-refractivity contribution >= 4 is 0 Å². The Balaban J connectivity index is 0. The van der Waals surface area contributed by atoms with Crippen LogP contribution < -0.4 is 24.8 Å². The molecule has 0 bridgehead atoms. The van der Waals surface area contributed by atoms with E-state index in [-0.39, 0.29) is 46.5 Å². The molecule has 1 atom stereocenters. The average Bonchev–Trinajstić information content (AvgIpc) is 2.75. The van der Waals surface area contributed by atoms with E-state index in [4.69, 9.17) is 9.47 Å². The smallest absolute Gasteiger partial charge is 1.00 e. The van der Waals surface area contributed by atoms with Crippen LogP contribution in [0.4, 0.5) is 0 Å². The molecule has 0 aromatic rings. The van der Waals surface area contributed by atoms with E-state index in [0.717, 1.165) is 24.2 Å². The summed E-state index contributed by atoms with van der Waals surface area (Å²) in [5.74, 6) is 0.138. The van der Waals surface area contributed by atoms with Gasteiger partial charge in [-0.15, -0.1) is 6.42 Å². The summed E-state index contributed by atoms with van der Waals surface area (Å²) < 4.78 is 11.5. The maximum Gasteiger partial charge on any atom is 3.00 e. The average molecular weight is 336 g/mol. The molecule has 2 aliphatic rings. The minimum atomic E-state index is -0.642. The zero-order valence-corrected chi connectivity index (χ0v) is 14.4. The van der Waals surface area contributed by atoms with Gasteiger partial charge in [-0.25, -0.2) is 6.08 Å². The van der Waals surface area contributed by atoms with Gasteiger partial charge in [0, 0.05) is 13.5 Å². The first-order valence-corrected chi connectivity index (χ1v) is 5.53. The van der Waals surface area contributed by atoms with Gasteiger partial charge in [-0.05, 0) is 25.2 Å². The predicted octanol–water partition coefficient (Wildman–Crippen LogP) is -2.71. The Morgan fingerprint density at radius 2 is 1.95 bits per heavy atom. The molecule has 0 spiro atoms. The molecule has 2 nitrogen and oxygen atoms in total. The zero-order chi connectivity index (χ0) is 11.6. The van der Waals surface area contributed by atoms with E-state index in [1.807, 2.05) is 19.1 Å². The molecule has 0 fully saturated rings. The largest absolute Gasteiger partial charge is 3.00 e. The first kappa shape index (κ1) is 21.3. The Morgan fingerprint density at radius 3 is 2.42 bits per heavy atom. The van der Waals surface area contributed by atoms with Crippen LogP contribution in [0.25, 0.3) is 0 Å². The minimum absolute atomic E-state index is 0. The Kier molecular flexibility index (Phi) is 10.1. The van der Waals surface area contributed by atoms with Crippen LogP contribution >= 0.6 is 0 Å². The van der Waals surface area contributed by atoms with E-state index >= 15 is 0 Å². The molecule has 0 N–H and O–H groups in total. The van der Waals surface area contributed by atoms with Gasteiger partial charge in [0.25, 0.3) is 0 Å². The number of hydrogen-bond donors (Lipinski definition) is 0. The fourth-order valence-electron chi connectivity index (χ4n) is 2.01. The number of allylic oxidation sites excluding steroid dienone is 5. The first-order valence-electron chi connectivity index (χ1n) is 5.53. The van der Waals surface area contributed by atoms with Gasteiger partial charge in [0.2, 0.25) is 5.79 Å². The summed E-state index contributed by atoms with van der Waals surface area (Å²) in [6.07, 6.45) is 12.9. The second-order valence-corrected chi connectivity index (χ2v) is 4.19. The molecule has 0 saturated carbocycles. The maximum absolute atomic E-state index is 5.93. The van der Waals surface area contributed by atoms with Crippen LogP contribution in [0.3, 0.4) is 0 Å². The number of methoxy groups -OCH3 is 1. The summed E-state index contributed by atoms with van der Waals surface area (Å²) >= 11 is 0. The van der Waals surface area contributed by atoms with Crippen molar-refractivity contribution in [3.05, 3.63) is 47.3 Å². The molecule has 0 amide bonds. The number of rotatable bonds is 3. The maximum atomic E-state index is 5.93. The van der Waals surface area contributed by atoms with Crippen LogP contribution in [0, 0.1) is 6.08 Å². The molecule has 0 aromatic carbocycles. The Morgan fingerprint density at radius 1 is 1.26 bits per heavy atom. The Hall–Kier alpha value is 0.0143. The van der Waals surface area contributed by atoms with Crippen LogP contribution in [0.15, 0.2) is 41.2 Å². The van der Waals surface area contributed by atoms with E-state index in [0.29, 0.717) is 0 Å².